The number of aromatic carboxylic acids is 1. The maximum atomic E-state index is 11.0. The molecule has 0 radical (unpaired) electrons. The number of carboxylic acids is 1. The summed E-state index contributed by atoms with van der Waals surface area (Å²) in [5.41, 5.74) is -0.0838. The van der Waals surface area contributed by atoms with E-state index in [1.165, 1.54) is 12.1 Å². The molecule has 0 aromatic heterocycles. The lowest BCUT2D eigenvalue weighted by molar-refractivity contribution is 0.0692. The molecule has 0 unspecified atom stereocenters. The molecule has 1 N–H and O–H groups in total. The van der Waals surface area contributed by atoms with Gasteiger partial charge < -0.3 is 9.84 Å². The van der Waals surface area contributed by atoms with E-state index in [0.717, 1.165) is 0 Å². The third-order valence-electron chi connectivity index (χ3n) is 1.92. The average molecular weight is 274 g/mol. The lowest BCUT2D eigenvalue weighted by atomic mass is 10.2. The summed E-state index contributed by atoms with van der Waals surface area (Å²) in [5, 5.41) is 17.7. The van der Waals surface area contributed by atoms with Crippen molar-refractivity contribution < 1.29 is 14.6 Å². The molecule has 1 rings (SSSR count). The molecular weight excluding hydrogens is 265 g/mol. The quantitative estimate of drug-likeness (QED) is 0.835. The van der Waals surface area contributed by atoms with Crippen LogP contribution in [0, 0.1) is 11.3 Å². The summed E-state index contributed by atoms with van der Waals surface area (Å²) in [7, 11) is 0. The Labute approximate surface area is 108 Å². The molecule has 0 heterocycles. The van der Waals surface area contributed by atoms with Crippen LogP contribution in [-0.2, 0) is 0 Å². The first-order valence-corrected chi connectivity index (χ1v) is 5.54. The van der Waals surface area contributed by atoms with Crippen LogP contribution < -0.4 is 4.74 Å². The number of nitrogens with zero attached hydrogens (tertiary/aromatic N) is 1. The summed E-state index contributed by atoms with van der Waals surface area (Å²) in [6, 6.07) is 4.65. The fraction of sp³-hybridized carbons (Fsp3) is 0.273. The lowest BCUT2D eigenvalue weighted by Gasteiger charge is -2.10. The molecule has 0 spiro atoms. The molecule has 17 heavy (non-hydrogen) atoms. The van der Waals surface area contributed by atoms with E-state index in [-0.39, 0.29) is 28.0 Å². The Balaban J connectivity index is 2.89. The van der Waals surface area contributed by atoms with Gasteiger partial charge in [-0.1, -0.05) is 23.2 Å². The molecule has 4 nitrogen and oxygen atoms in total. The summed E-state index contributed by atoms with van der Waals surface area (Å²) >= 11 is 11.6. The van der Waals surface area contributed by atoms with Crippen molar-refractivity contribution in [3.8, 4) is 11.8 Å². The highest BCUT2D eigenvalue weighted by molar-refractivity contribution is 6.36. The number of carboxylic acid groups (broad SMARTS) is 1. The van der Waals surface area contributed by atoms with Gasteiger partial charge in [0, 0.05) is 11.4 Å². The summed E-state index contributed by atoms with van der Waals surface area (Å²) in [4.78, 5) is 11.0. The van der Waals surface area contributed by atoms with Crippen molar-refractivity contribution in [1.82, 2.24) is 0 Å². The number of halogens is 2. The van der Waals surface area contributed by atoms with E-state index in [4.69, 9.17) is 38.3 Å². The Morgan fingerprint density at radius 1 is 1.47 bits per heavy atom. The lowest BCUT2D eigenvalue weighted by Crippen LogP contribution is -2.05. The molecule has 6 heteroatoms. The minimum absolute atomic E-state index is 0.0838. The van der Waals surface area contributed by atoms with Crippen molar-refractivity contribution >= 4 is 29.2 Å². The predicted octanol–water partition coefficient (Wildman–Crippen LogP) is 3.37. The molecule has 0 bridgehead atoms. The number of ether oxygens (including phenoxy) is 1. The fourth-order valence-electron chi connectivity index (χ4n) is 1.19. The normalized spacial score (nSPS) is 9.71. The van der Waals surface area contributed by atoms with E-state index in [1.807, 2.05) is 6.07 Å². The van der Waals surface area contributed by atoms with Crippen molar-refractivity contribution in [3.63, 3.8) is 0 Å². The van der Waals surface area contributed by atoms with E-state index in [2.05, 4.69) is 0 Å². The molecular formula is C11H9Cl2NO3. The van der Waals surface area contributed by atoms with Gasteiger partial charge in [-0.3, -0.25) is 0 Å². The fourth-order valence-corrected chi connectivity index (χ4v) is 1.74. The van der Waals surface area contributed by atoms with Gasteiger partial charge in [-0.05, 0) is 18.6 Å². The number of rotatable bonds is 5. The standard InChI is InChI=1S/C11H9Cl2NO3/c12-7-5-8(11(15)16)10(9(13)6-7)17-4-2-1-3-14/h5-6H,1-2,4H2,(H,15,16). The third-order valence-corrected chi connectivity index (χ3v) is 2.42. The average Bonchev–Trinajstić information content (AvgIpc) is 2.25. The first-order valence-electron chi connectivity index (χ1n) is 4.78. The van der Waals surface area contributed by atoms with Crippen LogP contribution >= 0.6 is 23.2 Å². The van der Waals surface area contributed by atoms with E-state index >= 15 is 0 Å². The second-order valence-electron chi connectivity index (χ2n) is 3.18. The van der Waals surface area contributed by atoms with Crippen molar-refractivity contribution in [2.45, 2.75) is 12.8 Å². The summed E-state index contributed by atoms with van der Waals surface area (Å²) in [5.74, 6) is -1.08. The molecule has 1 aromatic carbocycles. The molecule has 1 aromatic rings. The molecule has 0 amide bonds. The molecule has 0 fully saturated rings. The minimum atomic E-state index is -1.16. The zero-order valence-electron chi connectivity index (χ0n) is 8.74. The highest BCUT2D eigenvalue weighted by Gasteiger charge is 2.16. The molecule has 0 saturated heterocycles. The van der Waals surface area contributed by atoms with Gasteiger partial charge in [0.05, 0.1) is 17.7 Å². The number of hydrogen-bond donors (Lipinski definition) is 1. The summed E-state index contributed by atoms with van der Waals surface area (Å²) < 4.78 is 5.26. The van der Waals surface area contributed by atoms with Crippen LogP contribution in [0.1, 0.15) is 23.2 Å². The Bertz CT molecular complexity index is 469. The smallest absolute Gasteiger partial charge is 0.339 e. The summed E-state index contributed by atoms with van der Waals surface area (Å²) in [6.07, 6.45) is 0.849. The highest BCUT2D eigenvalue weighted by Crippen LogP contribution is 2.32. The van der Waals surface area contributed by atoms with Gasteiger partial charge in [0.1, 0.15) is 5.56 Å². The van der Waals surface area contributed by atoms with E-state index < -0.39 is 5.97 Å². The third kappa shape index (κ3) is 3.81. The first-order chi connectivity index (χ1) is 8.06. The molecule has 0 aliphatic heterocycles. The first kappa shape index (κ1) is 13.6. The topological polar surface area (TPSA) is 70.3 Å². The van der Waals surface area contributed by atoms with Gasteiger partial charge in [-0.2, -0.15) is 5.26 Å². The number of benzene rings is 1. The molecule has 0 atom stereocenters. The van der Waals surface area contributed by atoms with Crippen LogP contribution in [0.2, 0.25) is 10.0 Å². The second kappa shape index (κ2) is 6.33. The van der Waals surface area contributed by atoms with Crippen LogP contribution in [0.5, 0.6) is 5.75 Å². The largest absolute Gasteiger partial charge is 0.491 e. The van der Waals surface area contributed by atoms with Crippen molar-refractivity contribution in [2.75, 3.05) is 6.61 Å². The number of nitriles is 1. The van der Waals surface area contributed by atoms with Gasteiger partial charge in [-0.15, -0.1) is 0 Å². The Hall–Kier alpha value is -1.44. The SMILES string of the molecule is N#CCCCOc1c(Cl)cc(Cl)cc1C(=O)O. The van der Waals surface area contributed by atoms with E-state index in [9.17, 15) is 4.79 Å². The maximum Gasteiger partial charge on any atom is 0.339 e. The predicted molar refractivity (Wildman–Crippen MR) is 63.8 cm³/mol. The van der Waals surface area contributed by atoms with Gasteiger partial charge >= 0.3 is 5.97 Å². The van der Waals surface area contributed by atoms with Crippen molar-refractivity contribution in [1.29, 1.82) is 5.26 Å². The van der Waals surface area contributed by atoms with Crippen LogP contribution in [0.4, 0.5) is 0 Å². The highest BCUT2D eigenvalue weighted by atomic mass is 35.5. The van der Waals surface area contributed by atoms with Crippen LogP contribution in [0.25, 0.3) is 0 Å². The van der Waals surface area contributed by atoms with Crippen LogP contribution in [0.3, 0.4) is 0 Å². The molecule has 0 aliphatic carbocycles. The Morgan fingerprint density at radius 3 is 2.76 bits per heavy atom. The van der Waals surface area contributed by atoms with Crippen LogP contribution in [0.15, 0.2) is 12.1 Å². The Morgan fingerprint density at radius 2 is 2.18 bits per heavy atom. The van der Waals surface area contributed by atoms with Gasteiger partial charge in [0.25, 0.3) is 0 Å². The molecule has 0 aliphatic rings. The number of carbonyl (C=O) groups is 1. The second-order valence-corrected chi connectivity index (χ2v) is 4.02. The minimum Gasteiger partial charge on any atom is -0.491 e. The Kier molecular flexibility index (Phi) is 5.08. The number of unbranched alkanes of at least 4 members (excludes halogenated alkanes) is 1. The van der Waals surface area contributed by atoms with Crippen molar-refractivity contribution in [3.05, 3.63) is 27.7 Å². The summed E-state index contributed by atoms with van der Waals surface area (Å²) in [6.45, 7) is 0.231. The zero-order valence-corrected chi connectivity index (χ0v) is 10.3. The zero-order chi connectivity index (χ0) is 12.8. The van der Waals surface area contributed by atoms with Crippen LogP contribution in [-0.4, -0.2) is 17.7 Å². The van der Waals surface area contributed by atoms with Crippen molar-refractivity contribution in [2.24, 2.45) is 0 Å². The molecule has 90 valence electrons. The van der Waals surface area contributed by atoms with E-state index in [1.54, 1.807) is 0 Å². The van der Waals surface area contributed by atoms with Gasteiger partial charge in [0.2, 0.25) is 0 Å². The number of hydrogen-bond acceptors (Lipinski definition) is 3. The maximum absolute atomic E-state index is 11.0. The molecule has 0 saturated carbocycles. The van der Waals surface area contributed by atoms with E-state index in [0.29, 0.717) is 12.8 Å². The monoisotopic (exact) mass is 273 g/mol. The van der Waals surface area contributed by atoms with Gasteiger partial charge in [-0.25, -0.2) is 4.79 Å². The van der Waals surface area contributed by atoms with Gasteiger partial charge in [0.15, 0.2) is 5.75 Å².